The number of hydrogen-bond donors (Lipinski definition) is 0. The van der Waals surface area contributed by atoms with Crippen molar-refractivity contribution in [3.8, 4) is 11.3 Å². The molecule has 88 valence electrons. The lowest BCUT2D eigenvalue weighted by molar-refractivity contribution is 0.112. The number of aromatic nitrogens is 1. The largest absolute Gasteiger partial charge is 0.354 e. The van der Waals surface area contributed by atoms with Gasteiger partial charge in [-0.25, -0.2) is 0 Å². The van der Waals surface area contributed by atoms with Crippen molar-refractivity contribution in [2.45, 2.75) is 0 Å². The fraction of sp³-hybridized carbons (Fsp3) is 0. The summed E-state index contributed by atoms with van der Waals surface area (Å²) in [4.78, 5) is 11.1. The van der Waals surface area contributed by atoms with Gasteiger partial charge in [-0.1, -0.05) is 35.5 Å². The fourth-order valence-electron chi connectivity index (χ4n) is 1.94. The minimum absolute atomic E-state index is 0.604. The van der Waals surface area contributed by atoms with Crippen LogP contribution in [0.2, 0.25) is 0 Å². The van der Waals surface area contributed by atoms with Crippen LogP contribution in [-0.2, 0) is 0 Å². The highest BCUT2D eigenvalue weighted by Gasteiger charge is 2.14. The van der Waals surface area contributed by atoms with E-state index in [1.807, 2.05) is 36.4 Å². The number of fused-ring (bicyclic) bond motifs is 1. The number of carbonyl (C=O) groups excluding carboxylic acids is 1. The molecule has 0 aliphatic carbocycles. The highest BCUT2D eigenvalue weighted by molar-refractivity contribution is 9.10. The van der Waals surface area contributed by atoms with Gasteiger partial charge in [0, 0.05) is 11.1 Å². The number of rotatable bonds is 2. The average Bonchev–Trinajstić information content (AvgIpc) is 2.84. The molecule has 0 aliphatic rings. The predicted octanol–water partition coefficient (Wildman–Crippen LogP) is 4.07. The van der Waals surface area contributed by atoms with E-state index in [9.17, 15) is 4.79 Å². The van der Waals surface area contributed by atoms with E-state index in [4.69, 9.17) is 4.52 Å². The number of aldehydes is 1. The number of benzene rings is 2. The summed E-state index contributed by atoms with van der Waals surface area (Å²) in [5.41, 5.74) is 2.76. The van der Waals surface area contributed by atoms with Gasteiger partial charge in [0.2, 0.25) is 0 Å². The van der Waals surface area contributed by atoms with E-state index in [-0.39, 0.29) is 0 Å². The zero-order valence-electron chi connectivity index (χ0n) is 9.26. The minimum atomic E-state index is 0.604. The van der Waals surface area contributed by atoms with Gasteiger partial charge < -0.3 is 4.52 Å². The second kappa shape index (κ2) is 4.38. The Morgan fingerprint density at radius 2 is 1.94 bits per heavy atom. The summed E-state index contributed by atoms with van der Waals surface area (Å²) in [7, 11) is 0. The lowest BCUT2D eigenvalue weighted by Gasteiger charge is -2.00. The molecule has 0 spiro atoms. The van der Waals surface area contributed by atoms with Crippen LogP contribution in [0.1, 0.15) is 10.4 Å². The Labute approximate surface area is 112 Å². The van der Waals surface area contributed by atoms with Crippen LogP contribution in [0.4, 0.5) is 0 Å². The molecule has 0 atom stereocenters. The van der Waals surface area contributed by atoms with Gasteiger partial charge in [-0.2, -0.15) is 0 Å². The van der Waals surface area contributed by atoms with Crippen molar-refractivity contribution in [2.75, 3.05) is 0 Å². The van der Waals surface area contributed by atoms with E-state index in [0.29, 0.717) is 16.8 Å². The third-order valence-corrected chi connectivity index (χ3v) is 3.42. The van der Waals surface area contributed by atoms with Crippen LogP contribution >= 0.6 is 15.9 Å². The normalized spacial score (nSPS) is 10.7. The van der Waals surface area contributed by atoms with E-state index in [2.05, 4.69) is 21.1 Å². The van der Waals surface area contributed by atoms with Crippen molar-refractivity contribution in [2.24, 2.45) is 0 Å². The van der Waals surface area contributed by atoms with Crippen LogP contribution in [0.15, 0.2) is 51.5 Å². The second-order valence-electron chi connectivity index (χ2n) is 3.85. The lowest BCUT2D eigenvalue weighted by Crippen LogP contribution is -1.87. The quantitative estimate of drug-likeness (QED) is 0.670. The van der Waals surface area contributed by atoms with Crippen LogP contribution < -0.4 is 0 Å². The molecule has 1 aromatic heterocycles. The molecule has 0 amide bonds. The molecule has 18 heavy (non-hydrogen) atoms. The zero-order valence-corrected chi connectivity index (χ0v) is 10.8. The SMILES string of the molecule is O=Cc1ccccc1-c1noc2c(Br)cccc12. The molecule has 0 saturated heterocycles. The summed E-state index contributed by atoms with van der Waals surface area (Å²) in [6, 6.07) is 13.1. The maximum atomic E-state index is 11.1. The Kier molecular flexibility index (Phi) is 2.72. The van der Waals surface area contributed by atoms with E-state index >= 15 is 0 Å². The summed E-state index contributed by atoms with van der Waals surface area (Å²) in [5, 5.41) is 4.96. The monoisotopic (exact) mass is 301 g/mol. The summed E-state index contributed by atoms with van der Waals surface area (Å²) in [6.07, 6.45) is 0.827. The van der Waals surface area contributed by atoms with Gasteiger partial charge in [0.05, 0.1) is 9.86 Å². The van der Waals surface area contributed by atoms with Gasteiger partial charge in [-0.05, 0) is 28.1 Å². The Morgan fingerprint density at radius 3 is 2.78 bits per heavy atom. The molecule has 1 heterocycles. The van der Waals surface area contributed by atoms with Crippen LogP contribution in [0.5, 0.6) is 0 Å². The molecule has 0 radical (unpaired) electrons. The van der Waals surface area contributed by atoms with Crippen molar-refractivity contribution in [3.63, 3.8) is 0 Å². The van der Waals surface area contributed by atoms with Crippen molar-refractivity contribution in [1.29, 1.82) is 0 Å². The van der Waals surface area contributed by atoms with Gasteiger partial charge >= 0.3 is 0 Å². The summed E-state index contributed by atoms with van der Waals surface area (Å²) in [5.74, 6) is 0. The van der Waals surface area contributed by atoms with Crippen molar-refractivity contribution in [3.05, 3.63) is 52.5 Å². The number of carbonyl (C=O) groups is 1. The first-order valence-electron chi connectivity index (χ1n) is 5.40. The molecule has 3 aromatic rings. The van der Waals surface area contributed by atoms with E-state index in [1.165, 1.54) is 0 Å². The lowest BCUT2D eigenvalue weighted by atomic mass is 10.0. The molecule has 2 aromatic carbocycles. The summed E-state index contributed by atoms with van der Waals surface area (Å²) in [6.45, 7) is 0. The van der Waals surface area contributed by atoms with E-state index in [1.54, 1.807) is 6.07 Å². The first-order chi connectivity index (χ1) is 8.81. The van der Waals surface area contributed by atoms with Gasteiger partial charge in [-0.15, -0.1) is 0 Å². The molecular weight excluding hydrogens is 294 g/mol. The topological polar surface area (TPSA) is 43.1 Å². The van der Waals surface area contributed by atoms with Crippen LogP contribution in [0, 0.1) is 0 Å². The number of nitrogens with zero attached hydrogens (tertiary/aromatic N) is 1. The standard InChI is InChI=1S/C14H8BrNO2/c15-12-7-3-6-11-13(16-18-14(11)12)10-5-2-1-4-9(10)8-17/h1-8H. The maximum absolute atomic E-state index is 11.1. The smallest absolute Gasteiger partial charge is 0.181 e. The molecule has 0 unspecified atom stereocenters. The van der Waals surface area contributed by atoms with Gasteiger partial charge in [-0.3, -0.25) is 4.79 Å². The fourth-order valence-corrected chi connectivity index (χ4v) is 2.38. The summed E-state index contributed by atoms with van der Waals surface area (Å²) >= 11 is 3.42. The van der Waals surface area contributed by atoms with Crippen LogP contribution in [0.3, 0.4) is 0 Å². The van der Waals surface area contributed by atoms with Crippen LogP contribution in [-0.4, -0.2) is 11.4 Å². The highest BCUT2D eigenvalue weighted by atomic mass is 79.9. The Bertz CT molecular complexity index is 733. The minimum Gasteiger partial charge on any atom is -0.354 e. The first kappa shape index (κ1) is 11.2. The third kappa shape index (κ3) is 1.66. The number of para-hydroxylation sites is 1. The molecule has 0 bridgehead atoms. The van der Waals surface area contributed by atoms with Crippen molar-refractivity contribution in [1.82, 2.24) is 5.16 Å². The number of halogens is 1. The van der Waals surface area contributed by atoms with Crippen molar-refractivity contribution >= 4 is 33.2 Å². The molecule has 0 fully saturated rings. The molecule has 3 nitrogen and oxygen atoms in total. The van der Waals surface area contributed by atoms with E-state index < -0.39 is 0 Å². The molecular formula is C14H8BrNO2. The average molecular weight is 302 g/mol. The predicted molar refractivity (Wildman–Crippen MR) is 72.5 cm³/mol. The molecule has 3 rings (SSSR count). The Morgan fingerprint density at radius 1 is 1.11 bits per heavy atom. The summed E-state index contributed by atoms with van der Waals surface area (Å²) < 4.78 is 6.17. The first-order valence-corrected chi connectivity index (χ1v) is 6.19. The maximum Gasteiger partial charge on any atom is 0.181 e. The van der Waals surface area contributed by atoms with Gasteiger partial charge in [0.1, 0.15) is 5.69 Å². The second-order valence-corrected chi connectivity index (χ2v) is 4.71. The highest BCUT2D eigenvalue weighted by Crippen LogP contribution is 2.33. The molecule has 0 N–H and O–H groups in total. The Hall–Kier alpha value is -1.94. The Balaban J connectivity index is 2.32. The molecule has 0 aliphatic heterocycles. The van der Waals surface area contributed by atoms with Crippen molar-refractivity contribution < 1.29 is 9.32 Å². The zero-order chi connectivity index (χ0) is 12.5. The molecule has 4 heteroatoms. The van der Waals surface area contributed by atoms with E-state index in [0.717, 1.165) is 21.7 Å². The van der Waals surface area contributed by atoms with Crippen LogP contribution in [0.25, 0.3) is 22.2 Å². The van der Waals surface area contributed by atoms with Gasteiger partial charge in [0.15, 0.2) is 11.9 Å². The molecule has 0 saturated carbocycles. The third-order valence-electron chi connectivity index (χ3n) is 2.79. The number of hydrogen-bond acceptors (Lipinski definition) is 3. The van der Waals surface area contributed by atoms with Gasteiger partial charge in [0.25, 0.3) is 0 Å².